The molecule has 2 aromatic heterocycles. The maximum absolute atomic E-state index is 14.0. The van der Waals surface area contributed by atoms with Crippen LogP contribution >= 0.6 is 0 Å². The molecule has 3 aromatic carbocycles. The van der Waals surface area contributed by atoms with Gasteiger partial charge in [-0.05, 0) is 29.0 Å². The number of amides is 1. The van der Waals surface area contributed by atoms with Gasteiger partial charge < -0.3 is 10.1 Å². The number of carbonyl (C=O) groups excluding carboxylic acids is 1. The van der Waals surface area contributed by atoms with Crippen LogP contribution in [-0.4, -0.2) is 27.6 Å². The number of alkyl halides is 3. The van der Waals surface area contributed by atoms with E-state index >= 15 is 0 Å². The van der Waals surface area contributed by atoms with Gasteiger partial charge in [0.05, 0.1) is 19.0 Å². The van der Waals surface area contributed by atoms with Gasteiger partial charge in [0.25, 0.3) is 5.91 Å². The molecule has 0 saturated heterocycles. The molecule has 0 atom stereocenters. The number of aromatic nitrogens is 3. The van der Waals surface area contributed by atoms with Crippen LogP contribution in [-0.2, 0) is 6.18 Å². The molecule has 1 N–H and O–H groups in total. The number of halogens is 3. The van der Waals surface area contributed by atoms with Gasteiger partial charge in [0, 0.05) is 17.3 Å². The van der Waals surface area contributed by atoms with Crippen molar-refractivity contribution in [2.75, 3.05) is 12.4 Å². The molecule has 1 amide bonds. The van der Waals surface area contributed by atoms with Gasteiger partial charge in [0.1, 0.15) is 11.3 Å². The number of carbonyl (C=O) groups is 1. The fourth-order valence-electron chi connectivity index (χ4n) is 3.81. The zero-order chi connectivity index (χ0) is 23.9. The summed E-state index contributed by atoms with van der Waals surface area (Å²) in [5, 5.41) is 8.10. The van der Waals surface area contributed by atoms with Crippen LogP contribution in [0.1, 0.15) is 16.1 Å². The van der Waals surface area contributed by atoms with Crippen LogP contribution < -0.4 is 10.1 Å². The van der Waals surface area contributed by atoms with Gasteiger partial charge in [-0.3, -0.25) is 4.79 Å². The molecule has 0 saturated carbocycles. The van der Waals surface area contributed by atoms with Crippen molar-refractivity contribution in [2.24, 2.45) is 0 Å². The molecule has 0 bridgehead atoms. The van der Waals surface area contributed by atoms with E-state index in [4.69, 9.17) is 4.74 Å². The molecule has 9 heteroatoms. The lowest BCUT2D eigenvalue weighted by Gasteiger charge is -2.13. The van der Waals surface area contributed by atoms with E-state index in [0.717, 1.165) is 23.0 Å². The summed E-state index contributed by atoms with van der Waals surface area (Å²) >= 11 is 0. The Balaban J connectivity index is 1.67. The summed E-state index contributed by atoms with van der Waals surface area (Å²) in [6.45, 7) is 0. The minimum Gasteiger partial charge on any atom is -0.497 e. The maximum Gasteiger partial charge on any atom is 0.433 e. The van der Waals surface area contributed by atoms with Gasteiger partial charge in [-0.1, -0.05) is 48.5 Å². The highest BCUT2D eigenvalue weighted by atomic mass is 19.4. The fourth-order valence-corrected chi connectivity index (χ4v) is 3.81. The smallest absolute Gasteiger partial charge is 0.433 e. The highest BCUT2D eigenvalue weighted by molar-refractivity contribution is 6.08. The second-order valence-corrected chi connectivity index (χ2v) is 7.53. The zero-order valence-electron chi connectivity index (χ0n) is 17.8. The lowest BCUT2D eigenvalue weighted by atomic mass is 10.0. The Kier molecular flexibility index (Phi) is 5.16. The Bertz CT molecular complexity index is 1540. The lowest BCUT2D eigenvalue weighted by Crippen LogP contribution is -2.16. The van der Waals surface area contributed by atoms with Gasteiger partial charge in [0.2, 0.25) is 0 Å². The van der Waals surface area contributed by atoms with Crippen LogP contribution in [0.2, 0.25) is 0 Å². The number of ether oxygens (including phenoxy) is 1. The Morgan fingerprint density at radius 3 is 2.56 bits per heavy atom. The summed E-state index contributed by atoms with van der Waals surface area (Å²) in [6, 6.07) is 20.2. The molecule has 0 aliphatic rings. The average molecular weight is 462 g/mol. The summed E-state index contributed by atoms with van der Waals surface area (Å²) in [6.07, 6.45) is -3.63. The summed E-state index contributed by atoms with van der Waals surface area (Å²) in [5.41, 5.74) is -0.279. The summed E-state index contributed by atoms with van der Waals surface area (Å²) in [7, 11) is 1.49. The normalized spacial score (nSPS) is 11.6. The van der Waals surface area contributed by atoms with Gasteiger partial charge in [-0.25, -0.2) is 9.50 Å². The van der Waals surface area contributed by atoms with Crippen LogP contribution in [0.15, 0.2) is 79.0 Å². The van der Waals surface area contributed by atoms with Crippen LogP contribution in [0.4, 0.5) is 18.9 Å². The summed E-state index contributed by atoms with van der Waals surface area (Å²) < 4.78 is 47.7. The molecule has 0 radical (unpaired) electrons. The quantitative estimate of drug-likeness (QED) is 0.365. The molecule has 0 spiro atoms. The topological polar surface area (TPSA) is 68.5 Å². The van der Waals surface area contributed by atoms with Crippen LogP contribution in [0, 0.1) is 0 Å². The van der Waals surface area contributed by atoms with Gasteiger partial charge in [-0.2, -0.15) is 18.3 Å². The number of hydrogen-bond acceptors (Lipinski definition) is 4. The minimum atomic E-state index is -4.72. The van der Waals surface area contributed by atoms with E-state index < -0.39 is 17.8 Å². The van der Waals surface area contributed by atoms with E-state index in [1.165, 1.54) is 7.11 Å². The highest BCUT2D eigenvalue weighted by Gasteiger charge is 2.36. The van der Waals surface area contributed by atoms with Gasteiger partial charge >= 0.3 is 6.18 Å². The number of hydrogen-bond donors (Lipinski definition) is 1. The Hall–Kier alpha value is -4.40. The number of nitrogens with zero attached hydrogens (tertiary/aromatic N) is 3. The van der Waals surface area contributed by atoms with E-state index in [0.29, 0.717) is 21.5 Å². The van der Waals surface area contributed by atoms with Gasteiger partial charge in [-0.15, -0.1) is 0 Å². The van der Waals surface area contributed by atoms with E-state index in [1.807, 2.05) is 24.3 Å². The maximum atomic E-state index is 14.0. The molecular weight excluding hydrogens is 445 g/mol. The zero-order valence-corrected chi connectivity index (χ0v) is 17.8. The van der Waals surface area contributed by atoms with Gasteiger partial charge in [0.15, 0.2) is 11.3 Å². The first kappa shape index (κ1) is 21.4. The molecule has 6 nitrogen and oxygen atoms in total. The van der Waals surface area contributed by atoms with Crippen molar-refractivity contribution >= 4 is 28.0 Å². The first-order valence-corrected chi connectivity index (χ1v) is 10.2. The third-order valence-electron chi connectivity index (χ3n) is 5.40. The predicted octanol–water partition coefficient (Wildman–Crippen LogP) is 5.83. The van der Waals surface area contributed by atoms with Crippen molar-refractivity contribution in [3.05, 3.63) is 90.3 Å². The number of fused-ring (bicyclic) bond motifs is 2. The number of benzene rings is 3. The fraction of sp³-hybridized carbons (Fsp3) is 0.0800. The Morgan fingerprint density at radius 2 is 1.76 bits per heavy atom. The molecule has 170 valence electrons. The van der Waals surface area contributed by atoms with Crippen molar-refractivity contribution < 1.29 is 22.7 Å². The standard InChI is InChI=1S/C25H17F3N4O2/c1-34-17-9-5-8-16(12-17)30-24(33)20-14-29-32-22(25(26,27)28)13-21(31-23(20)32)19-11-4-7-15-6-2-3-10-18(15)19/h2-14H,1H3,(H,30,33). The molecule has 34 heavy (non-hydrogen) atoms. The Morgan fingerprint density at radius 1 is 1.00 bits per heavy atom. The van der Waals surface area contributed by atoms with Crippen LogP contribution in [0.5, 0.6) is 5.75 Å². The number of nitrogens with one attached hydrogen (secondary N) is 1. The molecule has 2 heterocycles. The predicted molar refractivity (Wildman–Crippen MR) is 122 cm³/mol. The minimum absolute atomic E-state index is 0.0876. The first-order valence-electron chi connectivity index (χ1n) is 10.2. The third kappa shape index (κ3) is 3.81. The molecule has 0 fully saturated rings. The molecule has 5 rings (SSSR count). The number of methoxy groups -OCH3 is 1. The average Bonchev–Trinajstić information content (AvgIpc) is 3.26. The van der Waals surface area contributed by atoms with Crippen molar-refractivity contribution in [2.45, 2.75) is 6.18 Å². The van der Waals surface area contributed by atoms with Crippen molar-refractivity contribution in [1.29, 1.82) is 0 Å². The summed E-state index contributed by atoms with van der Waals surface area (Å²) in [5.74, 6) is -0.118. The SMILES string of the molecule is COc1cccc(NC(=O)c2cnn3c(C(F)(F)F)cc(-c4cccc5ccccc45)nc23)c1. The highest BCUT2D eigenvalue weighted by Crippen LogP contribution is 2.35. The molecule has 0 unspecified atom stereocenters. The molecule has 0 aliphatic carbocycles. The first-order chi connectivity index (χ1) is 16.3. The monoisotopic (exact) mass is 462 g/mol. The van der Waals surface area contributed by atoms with E-state index in [2.05, 4.69) is 15.4 Å². The van der Waals surface area contributed by atoms with E-state index in [1.54, 1.807) is 42.5 Å². The lowest BCUT2D eigenvalue weighted by molar-refractivity contribution is -0.142. The van der Waals surface area contributed by atoms with E-state index in [9.17, 15) is 18.0 Å². The molecule has 5 aromatic rings. The number of rotatable bonds is 4. The van der Waals surface area contributed by atoms with Crippen molar-refractivity contribution in [3.63, 3.8) is 0 Å². The second-order valence-electron chi connectivity index (χ2n) is 7.53. The van der Waals surface area contributed by atoms with Crippen molar-refractivity contribution in [3.8, 4) is 17.0 Å². The molecule has 0 aliphatic heterocycles. The third-order valence-corrected chi connectivity index (χ3v) is 5.40. The summed E-state index contributed by atoms with van der Waals surface area (Å²) in [4.78, 5) is 17.4. The van der Waals surface area contributed by atoms with Crippen LogP contribution in [0.25, 0.3) is 27.7 Å². The van der Waals surface area contributed by atoms with Crippen LogP contribution in [0.3, 0.4) is 0 Å². The second kappa shape index (κ2) is 8.18. The number of anilines is 1. The van der Waals surface area contributed by atoms with E-state index in [-0.39, 0.29) is 16.9 Å². The molecular formula is C25H17F3N4O2. The Labute approximate surface area is 191 Å². The van der Waals surface area contributed by atoms with Crippen molar-refractivity contribution in [1.82, 2.24) is 14.6 Å². The largest absolute Gasteiger partial charge is 0.497 e.